The fourth-order valence-corrected chi connectivity index (χ4v) is 0.414. The number of hydrogen-bond donors (Lipinski definition) is 1. The minimum atomic E-state index is 0.987. The Labute approximate surface area is 45.3 Å². The first-order valence-electron chi connectivity index (χ1n) is 2.62. The molecule has 0 aliphatic carbocycles. The first-order chi connectivity index (χ1) is 3.41. The van der Waals surface area contributed by atoms with E-state index in [0.29, 0.717) is 0 Å². The zero-order valence-electron chi connectivity index (χ0n) is 5.07. The van der Waals surface area contributed by atoms with Crippen LogP contribution in [0.3, 0.4) is 0 Å². The molecule has 0 heterocycles. The SMILES string of the molecule is C[N]CCCNC. The summed E-state index contributed by atoms with van der Waals surface area (Å²) in [5.41, 5.74) is 0. The first-order valence-corrected chi connectivity index (χ1v) is 2.62. The third kappa shape index (κ3) is 5.92. The predicted octanol–water partition coefficient (Wildman–Crippen LogP) is -0.170. The molecule has 0 aliphatic heterocycles. The van der Waals surface area contributed by atoms with Gasteiger partial charge in [0.2, 0.25) is 0 Å². The number of nitrogens with one attached hydrogen (secondary N) is 1. The van der Waals surface area contributed by atoms with Crippen molar-refractivity contribution in [2.24, 2.45) is 0 Å². The molecular weight excluding hydrogens is 88.1 g/mol. The fourth-order valence-electron chi connectivity index (χ4n) is 0.414. The number of hydrogen-bond acceptors (Lipinski definition) is 1. The summed E-state index contributed by atoms with van der Waals surface area (Å²) in [5, 5.41) is 6.98. The molecule has 0 fully saturated rings. The lowest BCUT2D eigenvalue weighted by atomic mass is 10.4. The lowest BCUT2D eigenvalue weighted by molar-refractivity contribution is 0.669. The van der Waals surface area contributed by atoms with Crippen LogP contribution in [0.4, 0.5) is 0 Å². The highest BCUT2D eigenvalue weighted by atomic mass is 14.8. The topological polar surface area (TPSA) is 26.1 Å². The van der Waals surface area contributed by atoms with Crippen molar-refractivity contribution in [1.82, 2.24) is 10.6 Å². The largest absolute Gasteiger partial charge is 0.320 e. The van der Waals surface area contributed by atoms with E-state index in [-0.39, 0.29) is 0 Å². The van der Waals surface area contributed by atoms with Crippen LogP contribution in [0.5, 0.6) is 0 Å². The Morgan fingerprint density at radius 2 is 2.29 bits per heavy atom. The average molecular weight is 101 g/mol. The van der Waals surface area contributed by atoms with Crippen LogP contribution in [0.25, 0.3) is 0 Å². The van der Waals surface area contributed by atoms with E-state index in [1.807, 2.05) is 14.1 Å². The highest BCUT2D eigenvalue weighted by molar-refractivity contribution is 4.41. The highest BCUT2D eigenvalue weighted by Crippen LogP contribution is 1.68. The van der Waals surface area contributed by atoms with Crippen molar-refractivity contribution in [3.05, 3.63) is 0 Å². The number of nitrogens with zero attached hydrogens (tertiary/aromatic N) is 1. The Hall–Kier alpha value is -0.0800. The molecule has 0 unspecified atom stereocenters. The van der Waals surface area contributed by atoms with E-state index in [4.69, 9.17) is 0 Å². The van der Waals surface area contributed by atoms with Gasteiger partial charge in [0.15, 0.2) is 0 Å². The predicted molar refractivity (Wildman–Crippen MR) is 31.5 cm³/mol. The van der Waals surface area contributed by atoms with Gasteiger partial charge in [-0.05, 0) is 20.0 Å². The summed E-state index contributed by atoms with van der Waals surface area (Å²) in [4.78, 5) is 0. The van der Waals surface area contributed by atoms with E-state index in [1.165, 1.54) is 0 Å². The van der Waals surface area contributed by atoms with E-state index in [0.717, 1.165) is 19.5 Å². The minimum absolute atomic E-state index is 0.987. The van der Waals surface area contributed by atoms with Crippen LogP contribution in [0, 0.1) is 0 Å². The smallest absolute Gasteiger partial charge is 0.0142 e. The van der Waals surface area contributed by atoms with Crippen LogP contribution in [-0.2, 0) is 0 Å². The maximum absolute atomic E-state index is 3.93. The summed E-state index contributed by atoms with van der Waals surface area (Å²) in [7, 11) is 3.80. The van der Waals surface area contributed by atoms with Crippen LogP contribution in [0.1, 0.15) is 6.42 Å². The summed E-state index contributed by atoms with van der Waals surface area (Å²) < 4.78 is 0. The molecule has 0 aromatic heterocycles. The Bertz CT molecular complexity index is 25.3. The van der Waals surface area contributed by atoms with E-state index in [9.17, 15) is 0 Å². The maximum atomic E-state index is 3.93. The fraction of sp³-hybridized carbons (Fsp3) is 1.00. The van der Waals surface area contributed by atoms with Gasteiger partial charge in [0.1, 0.15) is 0 Å². The molecule has 0 aromatic rings. The summed E-state index contributed by atoms with van der Waals surface area (Å²) in [6.07, 6.45) is 1.16. The lowest BCUT2D eigenvalue weighted by Gasteiger charge is -1.93. The molecule has 0 amide bonds. The zero-order chi connectivity index (χ0) is 5.54. The quantitative estimate of drug-likeness (QED) is 0.489. The van der Waals surface area contributed by atoms with E-state index in [2.05, 4.69) is 10.6 Å². The average Bonchev–Trinajstić information content (AvgIpc) is 1.69. The van der Waals surface area contributed by atoms with E-state index >= 15 is 0 Å². The molecule has 0 bridgehead atoms. The van der Waals surface area contributed by atoms with Gasteiger partial charge < -0.3 is 5.32 Å². The first kappa shape index (κ1) is 6.92. The molecule has 0 atom stereocenters. The number of rotatable bonds is 4. The zero-order valence-corrected chi connectivity index (χ0v) is 5.07. The van der Waals surface area contributed by atoms with Crippen molar-refractivity contribution in [1.29, 1.82) is 0 Å². The monoisotopic (exact) mass is 101 g/mol. The molecule has 0 saturated carbocycles. The Balaban J connectivity index is 2.45. The van der Waals surface area contributed by atoms with Gasteiger partial charge in [-0.1, -0.05) is 0 Å². The second-order valence-corrected chi connectivity index (χ2v) is 1.50. The molecule has 0 spiro atoms. The Morgan fingerprint density at radius 3 is 2.71 bits per heavy atom. The molecule has 0 rings (SSSR count). The summed E-state index contributed by atoms with van der Waals surface area (Å²) in [5.74, 6) is 0. The van der Waals surface area contributed by atoms with Crippen LogP contribution < -0.4 is 10.6 Å². The second-order valence-electron chi connectivity index (χ2n) is 1.50. The van der Waals surface area contributed by atoms with Gasteiger partial charge in [-0.25, -0.2) is 5.32 Å². The molecular formula is C5H13N2. The molecule has 43 valence electrons. The van der Waals surface area contributed by atoms with Crippen molar-refractivity contribution in [3.63, 3.8) is 0 Å². The third-order valence-electron chi connectivity index (χ3n) is 0.808. The Morgan fingerprint density at radius 1 is 1.57 bits per heavy atom. The van der Waals surface area contributed by atoms with Gasteiger partial charge in [-0.2, -0.15) is 0 Å². The molecule has 0 aliphatic rings. The van der Waals surface area contributed by atoms with Gasteiger partial charge in [0.25, 0.3) is 0 Å². The van der Waals surface area contributed by atoms with Gasteiger partial charge in [-0.3, -0.25) is 0 Å². The van der Waals surface area contributed by atoms with E-state index < -0.39 is 0 Å². The molecule has 1 radical (unpaired) electrons. The standard InChI is InChI=1S/C5H13N2/c1-6-4-3-5-7-2/h6H,3-5H2,1-2H3. The molecule has 1 N–H and O–H groups in total. The van der Waals surface area contributed by atoms with Crippen LogP contribution in [0.15, 0.2) is 0 Å². The van der Waals surface area contributed by atoms with Gasteiger partial charge in [0, 0.05) is 13.6 Å². The molecule has 0 saturated heterocycles. The second kappa shape index (κ2) is 5.92. The molecule has 7 heavy (non-hydrogen) atoms. The third-order valence-corrected chi connectivity index (χ3v) is 0.808. The minimum Gasteiger partial charge on any atom is -0.320 e. The normalized spacial score (nSPS) is 9.43. The van der Waals surface area contributed by atoms with Crippen molar-refractivity contribution >= 4 is 0 Å². The van der Waals surface area contributed by atoms with Crippen LogP contribution in [0.2, 0.25) is 0 Å². The van der Waals surface area contributed by atoms with Crippen molar-refractivity contribution in [2.75, 3.05) is 27.2 Å². The molecule has 2 nitrogen and oxygen atoms in total. The van der Waals surface area contributed by atoms with Crippen molar-refractivity contribution in [3.8, 4) is 0 Å². The maximum Gasteiger partial charge on any atom is 0.0142 e. The molecule has 2 heteroatoms. The van der Waals surface area contributed by atoms with Gasteiger partial charge >= 0.3 is 0 Å². The van der Waals surface area contributed by atoms with Gasteiger partial charge in [0.05, 0.1) is 0 Å². The van der Waals surface area contributed by atoms with Crippen LogP contribution in [-0.4, -0.2) is 27.2 Å². The van der Waals surface area contributed by atoms with E-state index in [1.54, 1.807) is 0 Å². The Kier molecular flexibility index (Phi) is 5.85. The lowest BCUT2D eigenvalue weighted by Crippen LogP contribution is -2.12. The van der Waals surface area contributed by atoms with Crippen molar-refractivity contribution in [2.45, 2.75) is 6.42 Å². The summed E-state index contributed by atoms with van der Waals surface area (Å²) >= 11 is 0. The highest BCUT2D eigenvalue weighted by Gasteiger charge is 1.78. The summed E-state index contributed by atoms with van der Waals surface area (Å²) in [6, 6.07) is 0. The molecule has 0 aromatic carbocycles. The summed E-state index contributed by atoms with van der Waals surface area (Å²) in [6.45, 7) is 2.07. The van der Waals surface area contributed by atoms with Crippen molar-refractivity contribution < 1.29 is 0 Å². The van der Waals surface area contributed by atoms with Gasteiger partial charge in [-0.15, -0.1) is 0 Å². The van der Waals surface area contributed by atoms with Crippen LogP contribution >= 0.6 is 0 Å².